The van der Waals surface area contributed by atoms with Gasteiger partial charge >= 0.3 is 0 Å². The molecule has 0 unspecified atom stereocenters. The van der Waals surface area contributed by atoms with E-state index in [0.29, 0.717) is 17.1 Å². The zero-order valence-corrected chi connectivity index (χ0v) is 15.2. The monoisotopic (exact) mass is 353 g/mol. The highest BCUT2D eigenvalue weighted by Crippen LogP contribution is 2.10. The van der Waals surface area contributed by atoms with Gasteiger partial charge in [0.25, 0.3) is 5.91 Å². The van der Waals surface area contributed by atoms with Crippen LogP contribution in [-0.4, -0.2) is 47.8 Å². The van der Waals surface area contributed by atoms with E-state index in [4.69, 9.17) is 11.6 Å². The van der Waals surface area contributed by atoms with Gasteiger partial charge in [0.1, 0.15) is 0 Å². The summed E-state index contributed by atoms with van der Waals surface area (Å²) in [5, 5.41) is 5.79. The van der Waals surface area contributed by atoms with Crippen molar-refractivity contribution in [3.63, 3.8) is 0 Å². The summed E-state index contributed by atoms with van der Waals surface area (Å²) in [6.45, 7) is 7.54. The molecule has 132 valence electrons. The molecule has 0 radical (unpaired) electrons. The molecule has 0 heterocycles. The average Bonchev–Trinajstić information content (AvgIpc) is 2.48. The average molecular weight is 354 g/mol. The lowest BCUT2D eigenvalue weighted by atomic mass is 10.1. The molecule has 6 nitrogen and oxygen atoms in total. The number of rotatable bonds is 6. The number of hydrogen-bond donors (Lipinski definition) is 2. The van der Waals surface area contributed by atoms with Gasteiger partial charge in [-0.25, -0.2) is 0 Å². The van der Waals surface area contributed by atoms with Gasteiger partial charge in [0, 0.05) is 22.7 Å². The van der Waals surface area contributed by atoms with E-state index in [1.807, 2.05) is 20.8 Å². The van der Waals surface area contributed by atoms with Crippen LogP contribution in [0.1, 0.15) is 38.1 Å². The topological polar surface area (TPSA) is 78.5 Å². The van der Waals surface area contributed by atoms with Crippen LogP contribution in [0.3, 0.4) is 0 Å². The van der Waals surface area contributed by atoms with Crippen LogP contribution in [0.5, 0.6) is 0 Å². The fraction of sp³-hybridized carbons (Fsp3) is 0.471. The van der Waals surface area contributed by atoms with Crippen LogP contribution in [0.2, 0.25) is 5.02 Å². The Morgan fingerprint density at radius 1 is 1.21 bits per heavy atom. The normalized spacial score (nSPS) is 10.9. The molecular formula is C17H24ClN3O3. The quantitative estimate of drug-likeness (QED) is 0.819. The van der Waals surface area contributed by atoms with Gasteiger partial charge in [-0.1, -0.05) is 17.7 Å². The van der Waals surface area contributed by atoms with Crippen molar-refractivity contribution in [3.05, 3.63) is 34.9 Å². The lowest BCUT2D eigenvalue weighted by Crippen LogP contribution is -2.49. The zero-order valence-electron chi connectivity index (χ0n) is 14.5. The van der Waals surface area contributed by atoms with Gasteiger partial charge in [0.2, 0.25) is 11.8 Å². The number of hydrogen-bond acceptors (Lipinski definition) is 3. The Morgan fingerprint density at radius 3 is 2.42 bits per heavy atom. The summed E-state index contributed by atoms with van der Waals surface area (Å²) in [4.78, 5) is 37.5. The Hall–Kier alpha value is -2.08. The predicted molar refractivity (Wildman–Crippen MR) is 93.9 cm³/mol. The summed E-state index contributed by atoms with van der Waals surface area (Å²) in [6.07, 6.45) is 0. The van der Waals surface area contributed by atoms with Crippen LogP contribution < -0.4 is 10.6 Å². The largest absolute Gasteiger partial charge is 0.350 e. The van der Waals surface area contributed by atoms with E-state index >= 15 is 0 Å². The first-order valence-electron chi connectivity index (χ1n) is 7.75. The molecule has 1 rings (SSSR count). The second-order valence-electron chi connectivity index (χ2n) is 6.40. The van der Waals surface area contributed by atoms with Crippen LogP contribution in [0.25, 0.3) is 0 Å². The molecular weight excluding hydrogens is 330 g/mol. The van der Waals surface area contributed by atoms with Gasteiger partial charge in [0.15, 0.2) is 0 Å². The van der Waals surface area contributed by atoms with E-state index in [0.717, 1.165) is 0 Å². The summed E-state index contributed by atoms with van der Waals surface area (Å²) in [5.74, 6) is -0.947. The van der Waals surface area contributed by atoms with Crippen LogP contribution in [0, 0.1) is 0 Å². The van der Waals surface area contributed by atoms with Crippen molar-refractivity contribution in [1.82, 2.24) is 15.5 Å². The standard InChI is InChI=1S/C17H24ClN3O3/c1-5-21(11-14(22)20-17(2,3)4)15(23)10-19-16(24)12-7-6-8-13(18)9-12/h6-9H,5,10-11H2,1-4H3,(H,19,24)(H,20,22). The fourth-order valence-electron chi connectivity index (χ4n) is 2.01. The minimum atomic E-state index is -0.388. The molecule has 0 aromatic heterocycles. The number of halogens is 1. The lowest BCUT2D eigenvalue weighted by Gasteiger charge is -2.25. The second-order valence-corrected chi connectivity index (χ2v) is 6.84. The molecule has 24 heavy (non-hydrogen) atoms. The Kier molecular flexibility index (Phi) is 7.22. The van der Waals surface area contributed by atoms with Gasteiger partial charge in [-0.2, -0.15) is 0 Å². The molecule has 0 spiro atoms. The molecule has 0 saturated heterocycles. The predicted octanol–water partition coefficient (Wildman–Crippen LogP) is 1.83. The number of nitrogens with zero attached hydrogens (tertiary/aromatic N) is 1. The molecule has 0 saturated carbocycles. The van der Waals surface area contributed by atoms with Gasteiger partial charge in [0.05, 0.1) is 13.1 Å². The summed E-state index contributed by atoms with van der Waals surface area (Å²) in [5.41, 5.74) is 0.0178. The maximum atomic E-state index is 12.2. The highest BCUT2D eigenvalue weighted by atomic mass is 35.5. The number of amides is 3. The van der Waals surface area contributed by atoms with E-state index < -0.39 is 0 Å². The molecule has 3 amide bonds. The van der Waals surface area contributed by atoms with Crippen LogP contribution in [-0.2, 0) is 9.59 Å². The maximum Gasteiger partial charge on any atom is 0.251 e. The minimum Gasteiger partial charge on any atom is -0.350 e. The third-order valence-corrected chi connectivity index (χ3v) is 3.31. The number of likely N-dealkylation sites (N-methyl/N-ethyl adjacent to an activating group) is 1. The van der Waals surface area contributed by atoms with Crippen molar-refractivity contribution in [2.24, 2.45) is 0 Å². The third kappa shape index (κ3) is 7.00. The van der Waals surface area contributed by atoms with Crippen molar-refractivity contribution in [1.29, 1.82) is 0 Å². The van der Waals surface area contributed by atoms with Gasteiger partial charge in [-0.15, -0.1) is 0 Å². The molecule has 0 aliphatic carbocycles. The molecule has 0 fully saturated rings. The van der Waals surface area contributed by atoms with Gasteiger partial charge in [-0.05, 0) is 45.9 Å². The second kappa shape index (κ2) is 8.68. The van der Waals surface area contributed by atoms with Crippen LogP contribution in [0.15, 0.2) is 24.3 Å². The first-order chi connectivity index (χ1) is 11.1. The Balaban J connectivity index is 2.55. The summed E-state index contributed by atoms with van der Waals surface area (Å²) < 4.78 is 0. The minimum absolute atomic E-state index is 0.0420. The van der Waals surface area contributed by atoms with E-state index in [2.05, 4.69) is 10.6 Å². The number of carbonyl (C=O) groups excluding carboxylic acids is 3. The summed E-state index contributed by atoms with van der Waals surface area (Å²) in [7, 11) is 0. The summed E-state index contributed by atoms with van der Waals surface area (Å²) >= 11 is 5.83. The molecule has 0 aliphatic heterocycles. The van der Waals surface area contributed by atoms with Crippen molar-refractivity contribution < 1.29 is 14.4 Å². The highest BCUT2D eigenvalue weighted by molar-refractivity contribution is 6.30. The van der Waals surface area contributed by atoms with Crippen LogP contribution >= 0.6 is 11.6 Å². The van der Waals surface area contributed by atoms with E-state index in [1.54, 1.807) is 25.1 Å². The van der Waals surface area contributed by atoms with Crippen molar-refractivity contribution >= 4 is 29.3 Å². The third-order valence-electron chi connectivity index (χ3n) is 3.07. The SMILES string of the molecule is CCN(CC(=O)NC(C)(C)C)C(=O)CNC(=O)c1cccc(Cl)c1. The van der Waals surface area contributed by atoms with E-state index in [1.165, 1.54) is 11.0 Å². The Labute approximate surface area is 147 Å². The van der Waals surface area contributed by atoms with Gasteiger partial charge < -0.3 is 15.5 Å². The van der Waals surface area contributed by atoms with Crippen LogP contribution in [0.4, 0.5) is 0 Å². The highest BCUT2D eigenvalue weighted by Gasteiger charge is 2.19. The first kappa shape index (κ1) is 20.0. The fourth-order valence-corrected chi connectivity index (χ4v) is 2.20. The molecule has 0 aliphatic rings. The molecule has 0 atom stereocenters. The molecule has 0 bridgehead atoms. The lowest BCUT2D eigenvalue weighted by molar-refractivity contribution is -0.135. The van der Waals surface area contributed by atoms with Crippen molar-refractivity contribution in [3.8, 4) is 0 Å². The van der Waals surface area contributed by atoms with Gasteiger partial charge in [-0.3, -0.25) is 14.4 Å². The Bertz CT molecular complexity index is 611. The molecule has 2 N–H and O–H groups in total. The van der Waals surface area contributed by atoms with Crippen molar-refractivity contribution in [2.75, 3.05) is 19.6 Å². The molecule has 7 heteroatoms. The number of benzene rings is 1. The van der Waals surface area contributed by atoms with E-state index in [-0.39, 0.29) is 36.3 Å². The molecule has 1 aromatic rings. The Morgan fingerprint density at radius 2 is 1.88 bits per heavy atom. The smallest absolute Gasteiger partial charge is 0.251 e. The summed E-state index contributed by atoms with van der Waals surface area (Å²) in [6, 6.07) is 6.46. The van der Waals surface area contributed by atoms with E-state index in [9.17, 15) is 14.4 Å². The van der Waals surface area contributed by atoms with Crippen molar-refractivity contribution in [2.45, 2.75) is 33.2 Å². The number of nitrogens with one attached hydrogen (secondary N) is 2. The number of carbonyl (C=O) groups is 3. The maximum absolute atomic E-state index is 12.2. The molecule has 1 aromatic carbocycles. The zero-order chi connectivity index (χ0) is 18.3. The first-order valence-corrected chi connectivity index (χ1v) is 8.12.